The zero-order chi connectivity index (χ0) is 9.61. The highest BCUT2D eigenvalue weighted by atomic mass is 19.3. The average molecular weight is 180 g/mol. The third-order valence-electron chi connectivity index (χ3n) is 1.44. The van der Waals surface area contributed by atoms with Crippen molar-refractivity contribution < 1.29 is 13.6 Å². The second-order valence-corrected chi connectivity index (χ2v) is 2.42. The van der Waals surface area contributed by atoms with Crippen LogP contribution in [0.3, 0.4) is 0 Å². The molecule has 12 heavy (non-hydrogen) atoms. The molecule has 0 atom stereocenters. The largest absolute Gasteiger partial charge is 0.350 e. The lowest BCUT2D eigenvalue weighted by molar-refractivity contribution is -0.145. The van der Waals surface area contributed by atoms with Crippen molar-refractivity contribution in [1.82, 2.24) is 10.6 Å². The Labute approximate surface area is 70.5 Å². The molecule has 0 bridgehead atoms. The van der Waals surface area contributed by atoms with Crippen LogP contribution in [0.25, 0.3) is 0 Å². The lowest BCUT2D eigenvalue weighted by Crippen LogP contribution is -2.41. The number of hydrogen-bond donors (Lipinski definition) is 2. The molecule has 0 aromatic rings. The molecular weight excluding hydrogens is 166 g/mol. The summed E-state index contributed by atoms with van der Waals surface area (Å²) in [6.45, 7) is 1.99. The summed E-state index contributed by atoms with van der Waals surface area (Å²) < 4.78 is 25.1. The minimum Gasteiger partial charge on any atom is -0.350 e. The number of amides is 1. The lowest BCUT2D eigenvalue weighted by atomic mass is 10.2. The fraction of sp³-hybridized carbons (Fsp3) is 0.857. The summed E-state index contributed by atoms with van der Waals surface area (Å²) in [5.41, 5.74) is 0. The lowest BCUT2D eigenvalue weighted by Gasteiger charge is -2.13. The van der Waals surface area contributed by atoms with E-state index in [0.29, 0.717) is 6.54 Å². The van der Waals surface area contributed by atoms with Crippen molar-refractivity contribution in [3.05, 3.63) is 0 Å². The molecule has 5 heteroatoms. The monoisotopic (exact) mass is 180 g/mol. The van der Waals surface area contributed by atoms with Crippen molar-refractivity contribution in [2.75, 3.05) is 20.1 Å². The molecule has 0 aliphatic heterocycles. The van der Waals surface area contributed by atoms with Gasteiger partial charge in [0.15, 0.2) is 0 Å². The van der Waals surface area contributed by atoms with E-state index in [4.69, 9.17) is 0 Å². The summed E-state index contributed by atoms with van der Waals surface area (Å²) in [4.78, 5) is 10.7. The fourth-order valence-electron chi connectivity index (χ4n) is 0.591. The Morgan fingerprint density at radius 1 is 1.42 bits per heavy atom. The molecule has 0 spiro atoms. The first kappa shape index (κ1) is 11.3. The maximum absolute atomic E-state index is 12.5. The smallest absolute Gasteiger partial charge is 0.324 e. The van der Waals surface area contributed by atoms with Crippen LogP contribution >= 0.6 is 0 Å². The number of alkyl halides is 2. The van der Waals surface area contributed by atoms with E-state index in [1.807, 2.05) is 0 Å². The highest BCUT2D eigenvalue weighted by Gasteiger charge is 2.35. The summed E-state index contributed by atoms with van der Waals surface area (Å²) in [7, 11) is 1.68. The Morgan fingerprint density at radius 3 is 2.42 bits per heavy atom. The summed E-state index contributed by atoms with van der Waals surface area (Å²) in [6, 6.07) is 0. The van der Waals surface area contributed by atoms with E-state index in [1.54, 1.807) is 7.05 Å². The highest BCUT2D eigenvalue weighted by Crippen LogP contribution is 2.16. The first-order valence-corrected chi connectivity index (χ1v) is 3.85. The highest BCUT2D eigenvalue weighted by molar-refractivity contribution is 5.83. The van der Waals surface area contributed by atoms with Gasteiger partial charge in [-0.2, -0.15) is 8.78 Å². The third kappa shape index (κ3) is 3.61. The number of carbonyl (C=O) groups is 1. The van der Waals surface area contributed by atoms with Gasteiger partial charge in [0.25, 0.3) is 5.91 Å². The van der Waals surface area contributed by atoms with Crippen molar-refractivity contribution in [2.24, 2.45) is 0 Å². The summed E-state index contributed by atoms with van der Waals surface area (Å²) in [6.07, 6.45) is -0.460. The van der Waals surface area contributed by atoms with Crippen LogP contribution in [0.4, 0.5) is 8.78 Å². The van der Waals surface area contributed by atoms with E-state index in [-0.39, 0.29) is 6.54 Å². The van der Waals surface area contributed by atoms with E-state index in [1.165, 1.54) is 6.92 Å². The molecule has 0 unspecified atom stereocenters. The van der Waals surface area contributed by atoms with Crippen LogP contribution in [0.15, 0.2) is 0 Å². The summed E-state index contributed by atoms with van der Waals surface area (Å²) in [5, 5.41) is 4.86. The molecule has 0 aromatic carbocycles. The number of carbonyl (C=O) groups excluding carboxylic acids is 1. The second-order valence-electron chi connectivity index (χ2n) is 2.42. The van der Waals surface area contributed by atoms with Gasteiger partial charge in [-0.05, 0) is 7.05 Å². The molecule has 0 aromatic heterocycles. The van der Waals surface area contributed by atoms with Gasteiger partial charge >= 0.3 is 5.92 Å². The fourth-order valence-corrected chi connectivity index (χ4v) is 0.591. The molecule has 72 valence electrons. The van der Waals surface area contributed by atoms with Gasteiger partial charge in [0.05, 0.1) is 0 Å². The molecule has 0 aliphatic rings. The number of halogens is 2. The predicted molar refractivity (Wildman–Crippen MR) is 42.2 cm³/mol. The Morgan fingerprint density at radius 2 is 2.00 bits per heavy atom. The van der Waals surface area contributed by atoms with Crippen molar-refractivity contribution >= 4 is 5.91 Å². The van der Waals surface area contributed by atoms with E-state index in [2.05, 4.69) is 10.6 Å². The number of nitrogens with one attached hydrogen (secondary N) is 2. The molecule has 2 N–H and O–H groups in total. The van der Waals surface area contributed by atoms with E-state index in [9.17, 15) is 13.6 Å². The molecule has 1 amide bonds. The van der Waals surface area contributed by atoms with Crippen LogP contribution in [0.5, 0.6) is 0 Å². The standard InChI is InChI=1S/C7H14F2N2O/c1-3-7(8,9)6(12)11-5-4-10-2/h10H,3-5H2,1-2H3,(H,11,12). The minimum absolute atomic E-state index is 0.227. The van der Waals surface area contributed by atoms with Gasteiger partial charge in [0.1, 0.15) is 0 Å². The van der Waals surface area contributed by atoms with Crippen molar-refractivity contribution in [2.45, 2.75) is 19.3 Å². The molecule has 0 radical (unpaired) electrons. The van der Waals surface area contributed by atoms with Gasteiger partial charge in [-0.1, -0.05) is 6.92 Å². The van der Waals surface area contributed by atoms with Gasteiger partial charge in [-0.3, -0.25) is 4.79 Å². The van der Waals surface area contributed by atoms with Gasteiger partial charge < -0.3 is 10.6 Å². The van der Waals surface area contributed by atoms with Gasteiger partial charge in [-0.15, -0.1) is 0 Å². The van der Waals surface area contributed by atoms with E-state index in [0.717, 1.165) is 0 Å². The van der Waals surface area contributed by atoms with Gasteiger partial charge in [-0.25, -0.2) is 0 Å². The molecule has 0 saturated carbocycles. The summed E-state index contributed by atoms with van der Waals surface area (Å²) in [5.74, 6) is -4.42. The quantitative estimate of drug-likeness (QED) is 0.600. The van der Waals surface area contributed by atoms with Gasteiger partial charge in [0.2, 0.25) is 0 Å². The maximum atomic E-state index is 12.5. The van der Waals surface area contributed by atoms with Crippen molar-refractivity contribution in [3.63, 3.8) is 0 Å². The first-order chi connectivity index (χ1) is 5.54. The van der Waals surface area contributed by atoms with Crippen LogP contribution in [0.1, 0.15) is 13.3 Å². The van der Waals surface area contributed by atoms with E-state index >= 15 is 0 Å². The average Bonchev–Trinajstić information content (AvgIpc) is 2.05. The maximum Gasteiger partial charge on any atom is 0.324 e. The predicted octanol–water partition coefficient (Wildman–Crippen LogP) is 0.367. The molecule has 0 rings (SSSR count). The molecular formula is C7H14F2N2O. The number of hydrogen-bond acceptors (Lipinski definition) is 2. The van der Waals surface area contributed by atoms with Crippen molar-refractivity contribution in [3.8, 4) is 0 Å². The molecule has 0 saturated heterocycles. The number of likely N-dealkylation sites (N-methyl/N-ethyl adjacent to an activating group) is 1. The van der Waals surface area contributed by atoms with Crippen LogP contribution in [-0.2, 0) is 4.79 Å². The van der Waals surface area contributed by atoms with E-state index < -0.39 is 18.3 Å². The Hall–Kier alpha value is -0.710. The summed E-state index contributed by atoms with van der Waals surface area (Å²) >= 11 is 0. The van der Waals surface area contributed by atoms with Crippen molar-refractivity contribution in [1.29, 1.82) is 0 Å². The topological polar surface area (TPSA) is 41.1 Å². The first-order valence-electron chi connectivity index (χ1n) is 3.85. The van der Waals surface area contributed by atoms with Gasteiger partial charge in [0, 0.05) is 19.5 Å². The molecule has 0 heterocycles. The minimum atomic E-state index is -3.23. The zero-order valence-electron chi connectivity index (χ0n) is 7.29. The van der Waals surface area contributed by atoms with Crippen LogP contribution in [0.2, 0.25) is 0 Å². The number of rotatable bonds is 5. The molecule has 0 fully saturated rings. The third-order valence-corrected chi connectivity index (χ3v) is 1.44. The van der Waals surface area contributed by atoms with Crippen LogP contribution < -0.4 is 10.6 Å². The second kappa shape index (κ2) is 5.03. The Kier molecular flexibility index (Phi) is 4.73. The van der Waals surface area contributed by atoms with Crippen LogP contribution in [0, 0.1) is 0 Å². The molecule has 0 aliphatic carbocycles. The molecule has 3 nitrogen and oxygen atoms in total. The Bertz CT molecular complexity index is 150. The normalized spacial score (nSPS) is 11.3. The zero-order valence-corrected chi connectivity index (χ0v) is 7.29. The Balaban J connectivity index is 3.72. The SMILES string of the molecule is CCC(F)(F)C(=O)NCCNC. The van der Waals surface area contributed by atoms with Crippen LogP contribution in [-0.4, -0.2) is 32.0 Å².